The molecule has 1 amide bonds. The van der Waals surface area contributed by atoms with Crippen LogP contribution in [0.4, 0.5) is 5.69 Å². The first kappa shape index (κ1) is 24.9. The van der Waals surface area contributed by atoms with Gasteiger partial charge in [0.05, 0.1) is 24.7 Å². The normalized spacial score (nSPS) is 14.2. The predicted octanol–water partition coefficient (Wildman–Crippen LogP) is 2.51. The van der Waals surface area contributed by atoms with E-state index in [-0.39, 0.29) is 47.7 Å². The van der Waals surface area contributed by atoms with Gasteiger partial charge in [0.1, 0.15) is 12.2 Å². The summed E-state index contributed by atoms with van der Waals surface area (Å²) in [6, 6.07) is 2.65. The Balaban J connectivity index is 0.00000420. The molecule has 10 heteroatoms. The average molecular weight is 432 g/mol. The van der Waals surface area contributed by atoms with Gasteiger partial charge in [-0.2, -0.15) is 0 Å². The molecule has 0 saturated carbocycles. The molecule has 164 valence electrons. The second kappa shape index (κ2) is 12.5. The van der Waals surface area contributed by atoms with E-state index in [2.05, 4.69) is 12.2 Å². The quantitative estimate of drug-likeness (QED) is 0.345. The van der Waals surface area contributed by atoms with Gasteiger partial charge in [-0.1, -0.05) is 6.92 Å². The lowest BCUT2D eigenvalue weighted by Crippen LogP contribution is -2.41. The second-order valence-corrected chi connectivity index (χ2v) is 6.66. The van der Waals surface area contributed by atoms with Crippen molar-refractivity contribution in [1.29, 1.82) is 0 Å². The van der Waals surface area contributed by atoms with E-state index in [0.29, 0.717) is 25.6 Å². The molecule has 0 aliphatic carbocycles. The Morgan fingerprint density at radius 2 is 1.93 bits per heavy atom. The standard InChI is InChI=1S/C19H29N3O6.ClH/c1-4-20-13-14-5-7-21(8-6-14)19(23)15-11-17(27-3)18(28-10-9-26-2)12-16(15)22(24)25;/h11-12,14,20H,4-10,13H2,1-3H3;1H. The molecule has 0 unspecified atom stereocenters. The summed E-state index contributed by atoms with van der Waals surface area (Å²) in [4.78, 5) is 25.7. The molecule has 1 fully saturated rings. The lowest BCUT2D eigenvalue weighted by Gasteiger charge is -2.32. The highest BCUT2D eigenvalue weighted by molar-refractivity contribution is 5.99. The average Bonchev–Trinajstić information content (AvgIpc) is 2.71. The van der Waals surface area contributed by atoms with Gasteiger partial charge in [0.2, 0.25) is 0 Å². The smallest absolute Gasteiger partial charge is 0.286 e. The third kappa shape index (κ3) is 6.73. The van der Waals surface area contributed by atoms with Crippen LogP contribution < -0.4 is 14.8 Å². The molecule has 1 aliphatic rings. The van der Waals surface area contributed by atoms with Crippen molar-refractivity contribution in [1.82, 2.24) is 10.2 Å². The van der Waals surface area contributed by atoms with Crippen molar-refractivity contribution in [2.45, 2.75) is 19.8 Å². The van der Waals surface area contributed by atoms with E-state index in [1.807, 2.05) is 0 Å². The van der Waals surface area contributed by atoms with Gasteiger partial charge in [-0.25, -0.2) is 0 Å². The maximum Gasteiger partial charge on any atom is 0.286 e. The minimum atomic E-state index is -0.562. The molecule has 29 heavy (non-hydrogen) atoms. The summed E-state index contributed by atoms with van der Waals surface area (Å²) in [5.74, 6) is 0.666. The second-order valence-electron chi connectivity index (χ2n) is 6.66. The summed E-state index contributed by atoms with van der Waals surface area (Å²) in [6.45, 7) is 5.63. The number of nitro benzene ring substituents is 1. The number of halogens is 1. The van der Waals surface area contributed by atoms with Crippen molar-refractivity contribution in [3.63, 3.8) is 0 Å². The van der Waals surface area contributed by atoms with Gasteiger partial charge >= 0.3 is 0 Å². The number of nitrogens with one attached hydrogen (secondary N) is 1. The number of methoxy groups -OCH3 is 2. The minimum Gasteiger partial charge on any atom is -0.493 e. The number of hydrogen-bond donors (Lipinski definition) is 1. The number of nitro groups is 1. The Bertz CT molecular complexity index is 680. The van der Waals surface area contributed by atoms with Gasteiger partial charge in [0.15, 0.2) is 11.5 Å². The van der Waals surface area contributed by atoms with Crippen LogP contribution in [0.1, 0.15) is 30.1 Å². The van der Waals surface area contributed by atoms with E-state index in [1.165, 1.54) is 26.4 Å². The van der Waals surface area contributed by atoms with Crippen LogP contribution in [0, 0.1) is 16.0 Å². The number of benzene rings is 1. The van der Waals surface area contributed by atoms with Crippen LogP contribution in [0.5, 0.6) is 11.5 Å². The molecule has 1 aromatic carbocycles. The molecular formula is C19H30ClN3O6. The number of hydrogen-bond acceptors (Lipinski definition) is 7. The highest BCUT2D eigenvalue weighted by Crippen LogP contribution is 2.35. The number of amides is 1. The molecule has 1 aromatic rings. The van der Waals surface area contributed by atoms with Crippen molar-refractivity contribution in [3.8, 4) is 11.5 Å². The van der Waals surface area contributed by atoms with Crippen molar-refractivity contribution < 1.29 is 23.9 Å². The largest absolute Gasteiger partial charge is 0.493 e. The first-order chi connectivity index (χ1) is 13.5. The molecular weight excluding hydrogens is 402 g/mol. The number of piperidine rings is 1. The first-order valence-electron chi connectivity index (χ1n) is 9.49. The number of likely N-dealkylation sites (tertiary alicyclic amines) is 1. The van der Waals surface area contributed by atoms with Crippen LogP contribution in [0.15, 0.2) is 12.1 Å². The van der Waals surface area contributed by atoms with Crippen LogP contribution in [0.2, 0.25) is 0 Å². The zero-order valence-electron chi connectivity index (χ0n) is 17.1. The molecule has 0 radical (unpaired) electrons. The van der Waals surface area contributed by atoms with Gasteiger partial charge in [0, 0.05) is 26.3 Å². The van der Waals surface area contributed by atoms with Crippen LogP contribution in [0.3, 0.4) is 0 Å². The summed E-state index contributed by atoms with van der Waals surface area (Å²) in [5, 5.41) is 14.9. The lowest BCUT2D eigenvalue weighted by atomic mass is 9.96. The molecule has 0 atom stereocenters. The summed E-state index contributed by atoms with van der Waals surface area (Å²) in [5.41, 5.74) is -0.265. The maximum atomic E-state index is 13.0. The number of carbonyl (C=O) groups is 1. The molecule has 2 rings (SSSR count). The number of nitrogens with zero attached hydrogens (tertiary/aromatic N) is 2. The fraction of sp³-hybridized carbons (Fsp3) is 0.632. The van der Waals surface area contributed by atoms with Gasteiger partial charge in [-0.3, -0.25) is 14.9 Å². The third-order valence-electron chi connectivity index (χ3n) is 4.84. The van der Waals surface area contributed by atoms with Crippen molar-refractivity contribution in [3.05, 3.63) is 27.8 Å². The molecule has 1 saturated heterocycles. The predicted molar refractivity (Wildman–Crippen MR) is 111 cm³/mol. The van der Waals surface area contributed by atoms with Crippen LogP contribution in [-0.2, 0) is 4.74 Å². The maximum absolute atomic E-state index is 13.0. The van der Waals surface area contributed by atoms with E-state index >= 15 is 0 Å². The Morgan fingerprint density at radius 3 is 2.48 bits per heavy atom. The van der Waals surface area contributed by atoms with E-state index in [1.54, 1.807) is 4.90 Å². The Morgan fingerprint density at radius 1 is 1.24 bits per heavy atom. The highest BCUT2D eigenvalue weighted by Gasteiger charge is 2.30. The summed E-state index contributed by atoms with van der Waals surface area (Å²) < 4.78 is 15.7. The molecule has 9 nitrogen and oxygen atoms in total. The monoisotopic (exact) mass is 431 g/mol. The first-order valence-corrected chi connectivity index (χ1v) is 9.49. The van der Waals surface area contributed by atoms with Gasteiger partial charge in [0.25, 0.3) is 11.6 Å². The molecule has 1 N–H and O–H groups in total. The Kier molecular flexibility index (Phi) is 10.7. The van der Waals surface area contributed by atoms with Crippen LogP contribution >= 0.6 is 12.4 Å². The highest BCUT2D eigenvalue weighted by atomic mass is 35.5. The zero-order chi connectivity index (χ0) is 20.5. The van der Waals surface area contributed by atoms with Crippen molar-refractivity contribution in [2.75, 3.05) is 53.6 Å². The van der Waals surface area contributed by atoms with Crippen molar-refractivity contribution >= 4 is 24.0 Å². The lowest BCUT2D eigenvalue weighted by molar-refractivity contribution is -0.385. The number of carbonyl (C=O) groups excluding carboxylic acids is 1. The Labute approximate surface area is 177 Å². The van der Waals surface area contributed by atoms with Gasteiger partial charge in [-0.15, -0.1) is 12.4 Å². The SMILES string of the molecule is CCNCC1CCN(C(=O)c2cc(OC)c(OCCOC)cc2[N+](=O)[O-])CC1.Cl. The van der Waals surface area contributed by atoms with Crippen LogP contribution in [-0.4, -0.2) is 69.3 Å². The van der Waals surface area contributed by atoms with Gasteiger partial charge in [-0.05, 0) is 31.8 Å². The topological polar surface area (TPSA) is 103 Å². The number of ether oxygens (including phenoxy) is 3. The fourth-order valence-corrected chi connectivity index (χ4v) is 3.24. The van der Waals surface area contributed by atoms with E-state index in [4.69, 9.17) is 14.2 Å². The molecule has 0 bridgehead atoms. The number of rotatable bonds is 10. The van der Waals surface area contributed by atoms with Crippen molar-refractivity contribution in [2.24, 2.45) is 5.92 Å². The molecule has 1 aliphatic heterocycles. The Hall–Kier alpha value is -2.10. The fourth-order valence-electron chi connectivity index (χ4n) is 3.24. The summed E-state index contributed by atoms with van der Waals surface area (Å²) >= 11 is 0. The van der Waals surface area contributed by atoms with E-state index < -0.39 is 4.92 Å². The summed E-state index contributed by atoms with van der Waals surface area (Å²) in [6.07, 6.45) is 1.75. The molecule has 0 spiro atoms. The van der Waals surface area contributed by atoms with Gasteiger partial charge < -0.3 is 24.4 Å². The third-order valence-corrected chi connectivity index (χ3v) is 4.84. The zero-order valence-corrected chi connectivity index (χ0v) is 18.0. The van der Waals surface area contributed by atoms with Crippen LogP contribution in [0.25, 0.3) is 0 Å². The molecule has 0 aromatic heterocycles. The minimum absolute atomic E-state index is 0. The van der Waals surface area contributed by atoms with E-state index in [0.717, 1.165) is 25.9 Å². The van der Waals surface area contributed by atoms with E-state index in [9.17, 15) is 14.9 Å². The molecule has 1 heterocycles. The summed E-state index contributed by atoms with van der Waals surface area (Å²) in [7, 11) is 2.97.